The van der Waals surface area contributed by atoms with E-state index in [9.17, 15) is 23.1 Å². The summed E-state index contributed by atoms with van der Waals surface area (Å²) in [5.41, 5.74) is 7.47. The molecule has 3 unspecified atom stereocenters. The minimum atomic E-state index is -3.68. The van der Waals surface area contributed by atoms with Gasteiger partial charge in [-0.3, -0.25) is 14.3 Å². The van der Waals surface area contributed by atoms with Gasteiger partial charge in [0.05, 0.1) is 12.9 Å². The molecule has 13 heteroatoms. The summed E-state index contributed by atoms with van der Waals surface area (Å²) in [4.78, 5) is 25.8. The molecule has 6 rings (SSSR count). The molecule has 0 spiro atoms. The third-order valence-electron chi connectivity index (χ3n) is 10.7. The van der Waals surface area contributed by atoms with E-state index >= 15 is 0 Å². The highest BCUT2D eigenvalue weighted by Gasteiger charge is 2.32. The number of carboxylic acid groups (broad SMARTS) is 1. The number of aliphatic carboxylic acids is 1. The van der Waals surface area contributed by atoms with Crippen LogP contribution in [-0.2, 0) is 45.5 Å². The number of hydrogen-bond donors (Lipinski definition) is 2. The Balaban J connectivity index is 1.27. The average Bonchev–Trinajstić information content (AvgIpc) is 3.71. The van der Waals surface area contributed by atoms with Crippen molar-refractivity contribution in [2.75, 3.05) is 12.9 Å². The summed E-state index contributed by atoms with van der Waals surface area (Å²) in [7, 11) is -3.68. The van der Waals surface area contributed by atoms with Gasteiger partial charge < -0.3 is 23.7 Å². The molecule has 2 N–H and O–H groups in total. The second-order valence-electron chi connectivity index (χ2n) is 15.7. The monoisotopic (exact) mass is 859 g/mol. The third-order valence-corrected chi connectivity index (χ3v) is 12.5. The van der Waals surface area contributed by atoms with Crippen molar-refractivity contribution >= 4 is 66.9 Å². The van der Waals surface area contributed by atoms with Gasteiger partial charge in [0.2, 0.25) is 15.9 Å². The summed E-state index contributed by atoms with van der Waals surface area (Å²) in [6.07, 6.45) is 5.74. The number of carboxylic acids is 1. The van der Waals surface area contributed by atoms with Crippen molar-refractivity contribution in [1.82, 2.24) is 13.9 Å². The molecule has 0 aliphatic rings. The first-order chi connectivity index (χ1) is 28.0. The molecule has 1 amide bonds. The molecular weight excluding hydrogens is 809 g/mol. The number of sulfonamides is 1. The number of carbonyl (C=O) groups is 2. The lowest BCUT2D eigenvalue weighted by Gasteiger charge is -2.26. The van der Waals surface area contributed by atoms with E-state index in [1.807, 2.05) is 114 Å². The topological polar surface area (TPSA) is 129 Å². The van der Waals surface area contributed by atoms with Crippen LogP contribution in [0.1, 0.15) is 53.1 Å². The molecular formula is C46H51Cl2N3O7S. The molecule has 0 aliphatic heterocycles. The van der Waals surface area contributed by atoms with Crippen LogP contribution in [-0.4, -0.2) is 53.5 Å². The van der Waals surface area contributed by atoms with E-state index in [4.69, 9.17) is 32.7 Å². The minimum Gasteiger partial charge on any atom is -0.493 e. The number of nitrogens with one attached hydrogen (secondary N) is 1. The van der Waals surface area contributed by atoms with Crippen molar-refractivity contribution in [1.29, 1.82) is 0 Å². The van der Waals surface area contributed by atoms with Crippen LogP contribution in [0.15, 0.2) is 85.2 Å². The summed E-state index contributed by atoms with van der Waals surface area (Å²) in [5.74, 6) is -1.04. The number of aromatic nitrogens is 2. The Labute approximate surface area is 356 Å². The maximum absolute atomic E-state index is 13.4. The first-order valence-electron chi connectivity index (χ1n) is 19.7. The van der Waals surface area contributed by atoms with E-state index < -0.39 is 33.9 Å². The average molecular weight is 861 g/mol. The summed E-state index contributed by atoms with van der Waals surface area (Å²) in [6.45, 7) is 10.8. The van der Waals surface area contributed by atoms with Crippen LogP contribution in [0.3, 0.4) is 0 Å². The van der Waals surface area contributed by atoms with Gasteiger partial charge >= 0.3 is 5.97 Å². The molecule has 10 nitrogen and oxygen atoms in total. The molecule has 2 heterocycles. The van der Waals surface area contributed by atoms with E-state index in [-0.39, 0.29) is 25.4 Å². The quantitative estimate of drug-likeness (QED) is 0.0881. The first-order valence-corrected chi connectivity index (χ1v) is 22.3. The van der Waals surface area contributed by atoms with Gasteiger partial charge in [-0.1, -0.05) is 66.5 Å². The Bertz CT molecular complexity index is 2570. The van der Waals surface area contributed by atoms with Gasteiger partial charge in [0, 0.05) is 63.8 Å². The van der Waals surface area contributed by atoms with Gasteiger partial charge in [-0.15, -0.1) is 0 Å². The number of hydrogen-bond acceptors (Lipinski definition) is 6. The lowest BCUT2D eigenvalue weighted by atomic mass is 9.95. The number of benzene rings is 4. The number of halogens is 2. The normalized spacial score (nSPS) is 13.4. The number of amides is 1. The van der Waals surface area contributed by atoms with Gasteiger partial charge in [-0.2, -0.15) is 0 Å². The molecule has 59 heavy (non-hydrogen) atoms. The number of rotatable bonds is 18. The third kappa shape index (κ3) is 10.8. The number of carbonyl (C=O) groups excluding carboxylic acids is 1. The molecule has 2 aromatic heterocycles. The standard InChI is InChI=1S/C46H51Cl2N3O7S/c1-28(27-57-35-20-29(2)44(47)30(3)21-35)19-34-25-51(41-14-10-8-12-38(34)41)26-39(46(53)54)42(58-36-22-31(4)45(48)32(5)23-36)16-15-33-24-50(40-13-9-7-11-37(33)40)18-17-43(52)49-59(6,55)56/h7-14,20-25,28,39,42H,15-19,26-27H2,1-6H3,(H,49,52)(H,53,54). The molecule has 0 aliphatic carbocycles. The molecule has 0 saturated carbocycles. The lowest BCUT2D eigenvalue weighted by Crippen LogP contribution is -2.36. The van der Waals surface area contributed by atoms with Gasteiger partial charge in [0.15, 0.2) is 0 Å². The highest BCUT2D eigenvalue weighted by atomic mass is 35.5. The fraction of sp³-hybridized carbons (Fsp3) is 0.348. The Morgan fingerprint density at radius 3 is 1.90 bits per heavy atom. The molecule has 4 aromatic carbocycles. The SMILES string of the molecule is Cc1cc(OCC(C)Cc2cn(CC(C(=O)O)C(CCc3cn(CCC(=O)NS(C)(=O)=O)c4ccccc34)Oc3cc(C)c(Cl)c(C)c3)c3ccccc23)cc(C)c1Cl. The van der Waals surface area contributed by atoms with E-state index in [1.165, 1.54) is 0 Å². The summed E-state index contributed by atoms with van der Waals surface area (Å²) in [6, 6.07) is 23.4. The van der Waals surface area contributed by atoms with Crippen LogP contribution in [0.25, 0.3) is 21.8 Å². The fourth-order valence-corrected chi connectivity index (χ4v) is 8.58. The maximum Gasteiger partial charge on any atom is 0.312 e. The Morgan fingerprint density at radius 1 is 0.797 bits per heavy atom. The summed E-state index contributed by atoms with van der Waals surface area (Å²) >= 11 is 12.9. The molecule has 0 saturated heterocycles. The van der Waals surface area contributed by atoms with Gasteiger partial charge in [-0.25, -0.2) is 8.42 Å². The van der Waals surface area contributed by atoms with E-state index in [0.29, 0.717) is 30.2 Å². The lowest BCUT2D eigenvalue weighted by molar-refractivity contribution is -0.145. The number of para-hydroxylation sites is 2. The molecule has 312 valence electrons. The molecule has 6 aromatic rings. The Kier molecular flexibility index (Phi) is 13.7. The highest BCUT2D eigenvalue weighted by molar-refractivity contribution is 7.89. The number of ether oxygens (including phenoxy) is 2. The fourth-order valence-electron chi connectivity index (χ4n) is 7.84. The molecule has 3 atom stereocenters. The summed E-state index contributed by atoms with van der Waals surface area (Å²) in [5, 5.41) is 14.3. The van der Waals surface area contributed by atoms with Crippen LogP contribution in [0.5, 0.6) is 11.5 Å². The van der Waals surface area contributed by atoms with E-state index in [2.05, 4.69) is 19.2 Å². The van der Waals surface area contributed by atoms with Crippen LogP contribution < -0.4 is 14.2 Å². The molecule has 0 bridgehead atoms. The zero-order valence-corrected chi connectivity index (χ0v) is 36.5. The highest BCUT2D eigenvalue weighted by Crippen LogP contribution is 2.32. The zero-order chi connectivity index (χ0) is 42.6. The van der Waals surface area contributed by atoms with Gasteiger partial charge in [-0.05, 0) is 123 Å². The van der Waals surface area contributed by atoms with Crippen LogP contribution in [0.2, 0.25) is 10.0 Å². The van der Waals surface area contributed by atoms with E-state index in [0.717, 1.165) is 78.6 Å². The van der Waals surface area contributed by atoms with Crippen molar-refractivity contribution in [2.24, 2.45) is 11.8 Å². The van der Waals surface area contributed by atoms with Crippen LogP contribution in [0, 0.1) is 39.5 Å². The largest absolute Gasteiger partial charge is 0.493 e. The van der Waals surface area contributed by atoms with Gasteiger partial charge in [0.25, 0.3) is 0 Å². The second kappa shape index (κ2) is 18.5. The minimum absolute atomic E-state index is 0.0341. The molecule has 0 fully saturated rings. The predicted octanol–water partition coefficient (Wildman–Crippen LogP) is 9.64. The first kappa shape index (κ1) is 43.6. The van der Waals surface area contributed by atoms with Crippen molar-refractivity contribution in [3.05, 3.63) is 129 Å². The van der Waals surface area contributed by atoms with Gasteiger partial charge in [0.1, 0.15) is 23.5 Å². The Hall–Kier alpha value is -4.97. The Morgan fingerprint density at radius 2 is 1.32 bits per heavy atom. The van der Waals surface area contributed by atoms with Crippen LogP contribution >= 0.6 is 23.2 Å². The second-order valence-corrected chi connectivity index (χ2v) is 18.2. The van der Waals surface area contributed by atoms with Crippen LogP contribution in [0.4, 0.5) is 0 Å². The number of aryl methyl sites for hydroxylation is 6. The number of fused-ring (bicyclic) bond motifs is 2. The van der Waals surface area contributed by atoms with Crippen molar-refractivity contribution in [3.8, 4) is 11.5 Å². The van der Waals surface area contributed by atoms with Crippen molar-refractivity contribution in [3.63, 3.8) is 0 Å². The number of nitrogens with zero attached hydrogens (tertiary/aromatic N) is 2. The van der Waals surface area contributed by atoms with E-state index in [1.54, 1.807) is 0 Å². The predicted molar refractivity (Wildman–Crippen MR) is 236 cm³/mol. The smallest absolute Gasteiger partial charge is 0.312 e. The van der Waals surface area contributed by atoms with Crippen molar-refractivity contribution in [2.45, 2.75) is 79.5 Å². The summed E-state index contributed by atoms with van der Waals surface area (Å²) < 4.78 is 42.1. The maximum atomic E-state index is 13.4. The molecule has 0 radical (unpaired) electrons. The zero-order valence-electron chi connectivity index (χ0n) is 34.2. The van der Waals surface area contributed by atoms with Crippen molar-refractivity contribution < 1.29 is 32.6 Å².